The van der Waals surface area contributed by atoms with Crippen molar-refractivity contribution < 1.29 is 5.11 Å². The molecule has 0 aliphatic rings. The summed E-state index contributed by atoms with van der Waals surface area (Å²) in [6.45, 7) is 4.19. The normalized spacial score (nSPS) is 12.1. The highest BCUT2D eigenvalue weighted by Gasteiger charge is 2.11. The lowest BCUT2D eigenvalue weighted by atomic mass is 10.00. The molecule has 6 N–H and O–H groups in total. The Morgan fingerprint density at radius 3 is 2.63 bits per heavy atom. The summed E-state index contributed by atoms with van der Waals surface area (Å²) in [5.74, 6) is 1.09. The van der Waals surface area contributed by atoms with Gasteiger partial charge in [-0.15, -0.1) is 0 Å². The molecule has 2 rings (SSSR count). The molecule has 0 atom stereocenters. The minimum atomic E-state index is 0.163. The number of aromatic nitrogens is 1. The number of hydrogen-bond donors (Lipinski definition) is 4. The van der Waals surface area contributed by atoms with Crippen LogP contribution < -0.4 is 11.5 Å². The van der Waals surface area contributed by atoms with E-state index in [-0.39, 0.29) is 5.75 Å². The largest absolute Gasteiger partial charge is 0.507 e. The van der Waals surface area contributed by atoms with Crippen LogP contribution in [-0.2, 0) is 0 Å². The third kappa shape index (κ3) is 2.57. The number of nitrogen functional groups attached to an aromatic ring is 1. The molecule has 0 unspecified atom stereocenters. The zero-order valence-electron chi connectivity index (χ0n) is 11.1. The van der Waals surface area contributed by atoms with Crippen LogP contribution in [0.2, 0.25) is 0 Å². The quantitative estimate of drug-likeness (QED) is 0.681. The van der Waals surface area contributed by atoms with E-state index in [1.165, 1.54) is 0 Å². The van der Waals surface area contributed by atoms with Crippen molar-refractivity contribution in [3.63, 3.8) is 0 Å². The van der Waals surface area contributed by atoms with Crippen molar-refractivity contribution in [2.24, 2.45) is 5.73 Å². The second kappa shape index (κ2) is 5.10. The van der Waals surface area contributed by atoms with Crippen LogP contribution in [0.1, 0.15) is 36.5 Å². The van der Waals surface area contributed by atoms with Crippen molar-refractivity contribution in [3.8, 4) is 5.75 Å². The van der Waals surface area contributed by atoms with E-state index in [4.69, 9.17) is 11.5 Å². The van der Waals surface area contributed by atoms with Crippen LogP contribution in [-0.4, -0.2) is 10.1 Å². The van der Waals surface area contributed by atoms with Crippen LogP contribution in [0.25, 0.3) is 11.8 Å². The Labute approximate surface area is 112 Å². The van der Waals surface area contributed by atoms with E-state index in [1.807, 2.05) is 12.3 Å². The Balaban J connectivity index is 2.47. The number of nitrogens with two attached hydrogens (primary N) is 2. The molecule has 1 aromatic heterocycles. The monoisotopic (exact) mass is 257 g/mol. The standard InChI is InChI=1S/C15H19N3O/c1-9(2)12-8-18-15(17)11(12)7-13(16)10-5-3-4-6-14(10)19/h3-9,18-19H,16-17H2,1-2H3/b13-7-. The van der Waals surface area contributed by atoms with E-state index in [0.717, 1.165) is 11.1 Å². The van der Waals surface area contributed by atoms with Gasteiger partial charge in [-0.05, 0) is 29.7 Å². The van der Waals surface area contributed by atoms with E-state index < -0.39 is 0 Å². The minimum Gasteiger partial charge on any atom is -0.507 e. The van der Waals surface area contributed by atoms with Gasteiger partial charge in [0.05, 0.1) is 0 Å². The van der Waals surface area contributed by atoms with Crippen molar-refractivity contribution in [2.45, 2.75) is 19.8 Å². The van der Waals surface area contributed by atoms with Gasteiger partial charge in [0.25, 0.3) is 0 Å². The van der Waals surface area contributed by atoms with Crippen molar-refractivity contribution in [2.75, 3.05) is 5.73 Å². The topological polar surface area (TPSA) is 88.1 Å². The summed E-state index contributed by atoms with van der Waals surface area (Å²) in [5.41, 5.74) is 15.1. The maximum absolute atomic E-state index is 9.80. The van der Waals surface area contributed by atoms with Gasteiger partial charge in [0.2, 0.25) is 0 Å². The van der Waals surface area contributed by atoms with Crippen molar-refractivity contribution in [1.82, 2.24) is 4.98 Å². The highest BCUT2D eigenvalue weighted by Crippen LogP contribution is 2.29. The molecule has 0 spiro atoms. The summed E-state index contributed by atoms with van der Waals surface area (Å²) < 4.78 is 0. The van der Waals surface area contributed by atoms with E-state index in [0.29, 0.717) is 23.0 Å². The summed E-state index contributed by atoms with van der Waals surface area (Å²) in [6.07, 6.45) is 3.69. The van der Waals surface area contributed by atoms with Crippen LogP contribution in [0.15, 0.2) is 30.5 Å². The lowest BCUT2D eigenvalue weighted by Gasteiger charge is -2.07. The number of H-pyrrole nitrogens is 1. The summed E-state index contributed by atoms with van der Waals surface area (Å²) in [5, 5.41) is 9.80. The smallest absolute Gasteiger partial charge is 0.124 e. The highest BCUT2D eigenvalue weighted by atomic mass is 16.3. The Morgan fingerprint density at radius 1 is 1.32 bits per heavy atom. The van der Waals surface area contributed by atoms with Crippen LogP contribution >= 0.6 is 0 Å². The van der Waals surface area contributed by atoms with E-state index in [9.17, 15) is 5.11 Å². The summed E-state index contributed by atoms with van der Waals surface area (Å²) in [4.78, 5) is 3.01. The minimum absolute atomic E-state index is 0.163. The summed E-state index contributed by atoms with van der Waals surface area (Å²) >= 11 is 0. The first kappa shape index (κ1) is 13.1. The predicted molar refractivity (Wildman–Crippen MR) is 79.5 cm³/mol. The number of aromatic amines is 1. The number of nitrogens with one attached hydrogen (secondary N) is 1. The van der Waals surface area contributed by atoms with E-state index in [1.54, 1.807) is 24.3 Å². The molecule has 0 bridgehead atoms. The van der Waals surface area contributed by atoms with Crippen molar-refractivity contribution >= 4 is 17.6 Å². The van der Waals surface area contributed by atoms with Gasteiger partial charge in [-0.1, -0.05) is 26.0 Å². The molecule has 0 fully saturated rings. The first-order chi connectivity index (χ1) is 9.00. The van der Waals surface area contributed by atoms with Crippen LogP contribution in [0.3, 0.4) is 0 Å². The molecule has 4 nitrogen and oxygen atoms in total. The molecule has 4 heteroatoms. The summed E-state index contributed by atoms with van der Waals surface area (Å²) in [6, 6.07) is 6.98. The maximum Gasteiger partial charge on any atom is 0.124 e. The van der Waals surface area contributed by atoms with Crippen LogP contribution in [0.5, 0.6) is 5.75 Å². The number of phenols is 1. The number of rotatable bonds is 3. The molecule has 0 aliphatic carbocycles. The molecule has 0 amide bonds. The second-order valence-corrected chi connectivity index (χ2v) is 4.84. The average Bonchev–Trinajstić information content (AvgIpc) is 2.71. The van der Waals surface area contributed by atoms with Gasteiger partial charge in [-0.3, -0.25) is 0 Å². The molecule has 1 aromatic carbocycles. The molecule has 1 heterocycles. The first-order valence-corrected chi connectivity index (χ1v) is 6.23. The van der Waals surface area contributed by atoms with Gasteiger partial charge in [0.1, 0.15) is 11.6 Å². The highest BCUT2D eigenvalue weighted by molar-refractivity contribution is 5.85. The van der Waals surface area contributed by atoms with Crippen LogP contribution in [0.4, 0.5) is 5.82 Å². The Bertz CT molecular complexity index is 612. The van der Waals surface area contributed by atoms with E-state index in [2.05, 4.69) is 18.8 Å². The molecule has 2 aromatic rings. The Kier molecular flexibility index (Phi) is 3.51. The van der Waals surface area contributed by atoms with Gasteiger partial charge in [-0.25, -0.2) is 0 Å². The van der Waals surface area contributed by atoms with Crippen LogP contribution in [0, 0.1) is 0 Å². The molecule has 0 saturated carbocycles. The Morgan fingerprint density at radius 2 is 2.00 bits per heavy atom. The predicted octanol–water partition coefficient (Wildman–Crippen LogP) is 2.88. The number of para-hydroxylation sites is 1. The first-order valence-electron chi connectivity index (χ1n) is 6.23. The van der Waals surface area contributed by atoms with Crippen molar-refractivity contribution in [3.05, 3.63) is 47.2 Å². The fraction of sp³-hybridized carbons (Fsp3) is 0.200. The molecule has 0 aliphatic heterocycles. The number of hydrogen-bond acceptors (Lipinski definition) is 3. The number of benzene rings is 1. The van der Waals surface area contributed by atoms with Crippen molar-refractivity contribution in [1.29, 1.82) is 0 Å². The van der Waals surface area contributed by atoms with E-state index >= 15 is 0 Å². The number of anilines is 1. The fourth-order valence-corrected chi connectivity index (χ4v) is 2.06. The molecule has 100 valence electrons. The molecule has 0 saturated heterocycles. The fourth-order valence-electron chi connectivity index (χ4n) is 2.06. The summed E-state index contributed by atoms with van der Waals surface area (Å²) in [7, 11) is 0. The third-order valence-corrected chi connectivity index (χ3v) is 3.12. The second-order valence-electron chi connectivity index (χ2n) is 4.84. The average molecular weight is 257 g/mol. The molecular formula is C15H19N3O. The Hall–Kier alpha value is -2.36. The maximum atomic E-state index is 9.80. The molecule has 0 radical (unpaired) electrons. The zero-order chi connectivity index (χ0) is 14.0. The van der Waals surface area contributed by atoms with Gasteiger partial charge in [0, 0.05) is 23.0 Å². The zero-order valence-corrected chi connectivity index (χ0v) is 11.1. The number of aromatic hydroxyl groups is 1. The van der Waals surface area contributed by atoms with Gasteiger partial charge >= 0.3 is 0 Å². The van der Waals surface area contributed by atoms with Gasteiger partial charge in [0.15, 0.2) is 0 Å². The molecule has 19 heavy (non-hydrogen) atoms. The van der Waals surface area contributed by atoms with Gasteiger partial charge < -0.3 is 21.6 Å². The lowest BCUT2D eigenvalue weighted by Crippen LogP contribution is -1.99. The van der Waals surface area contributed by atoms with Gasteiger partial charge in [-0.2, -0.15) is 0 Å². The molecular weight excluding hydrogens is 238 g/mol. The number of phenolic OH excluding ortho intramolecular Hbond substituents is 1. The lowest BCUT2D eigenvalue weighted by molar-refractivity contribution is 0.473. The third-order valence-electron chi connectivity index (χ3n) is 3.12. The SMILES string of the molecule is CC(C)c1c[nH]c(N)c1/C=C(\N)c1ccccc1O.